The van der Waals surface area contributed by atoms with Crippen LogP contribution in [0.3, 0.4) is 0 Å². The second kappa shape index (κ2) is 9.95. The predicted molar refractivity (Wildman–Crippen MR) is 129 cm³/mol. The van der Waals surface area contributed by atoms with Crippen molar-refractivity contribution in [1.82, 2.24) is 9.78 Å². The van der Waals surface area contributed by atoms with E-state index in [2.05, 4.69) is 5.10 Å². The van der Waals surface area contributed by atoms with Gasteiger partial charge in [-0.2, -0.15) is 18.3 Å². The number of carbonyl (C=O) groups excluding carboxylic acids is 3. The van der Waals surface area contributed by atoms with Crippen molar-refractivity contribution in [3.05, 3.63) is 46.3 Å². The Balaban J connectivity index is 1.68. The first kappa shape index (κ1) is 26.9. The molecule has 1 aromatic carbocycles. The molecule has 0 atom stereocenters. The lowest BCUT2D eigenvalue weighted by Crippen LogP contribution is -2.29. The van der Waals surface area contributed by atoms with Crippen molar-refractivity contribution in [2.24, 2.45) is 17.1 Å². The van der Waals surface area contributed by atoms with Gasteiger partial charge in [-0.05, 0) is 73.6 Å². The van der Waals surface area contributed by atoms with Gasteiger partial charge < -0.3 is 10.5 Å². The van der Waals surface area contributed by atoms with Gasteiger partial charge in [-0.1, -0.05) is 20.8 Å². The van der Waals surface area contributed by atoms with Gasteiger partial charge in [-0.3, -0.25) is 14.4 Å². The highest BCUT2D eigenvalue weighted by atomic mass is 19.4. The third-order valence-electron chi connectivity index (χ3n) is 7.30. The van der Waals surface area contributed by atoms with Crippen molar-refractivity contribution >= 4 is 17.7 Å². The van der Waals surface area contributed by atoms with Crippen LogP contribution in [0.5, 0.6) is 0 Å². The average molecular weight is 520 g/mol. The topological polar surface area (TPSA) is 104 Å². The van der Waals surface area contributed by atoms with Gasteiger partial charge in [0.15, 0.2) is 11.5 Å². The van der Waals surface area contributed by atoms with E-state index in [0.717, 1.165) is 12.8 Å². The van der Waals surface area contributed by atoms with Gasteiger partial charge >= 0.3 is 12.1 Å². The fourth-order valence-electron chi connectivity index (χ4n) is 5.52. The second-order valence-corrected chi connectivity index (χ2v) is 10.9. The van der Waals surface area contributed by atoms with Gasteiger partial charge in [-0.15, -0.1) is 0 Å². The zero-order valence-corrected chi connectivity index (χ0v) is 21.3. The van der Waals surface area contributed by atoms with Crippen LogP contribution in [-0.4, -0.2) is 33.5 Å². The van der Waals surface area contributed by atoms with Crippen molar-refractivity contribution in [3.63, 3.8) is 0 Å². The molecule has 0 aliphatic heterocycles. The number of primary amides is 1. The van der Waals surface area contributed by atoms with Crippen LogP contribution in [0.1, 0.15) is 97.0 Å². The Kier molecular flexibility index (Phi) is 7.23. The molecule has 1 aromatic heterocycles. The minimum absolute atomic E-state index is 0.0108. The normalized spacial score (nSPS) is 21.4. The standard InChI is InChI=1S/C27H32F3N3O4/c1-4-22(35)37-18-8-5-15(6-9-18)11-16-12-17(7-10-19(16)25(31)36)33-20-13-26(2,3)14-21(34)23(20)24(32-33)27(28,29)30/h7,10,12,15,18H,4-6,8-9,11,13-14H2,1-3H3,(H2,31,36). The van der Waals surface area contributed by atoms with Crippen LogP contribution in [0.25, 0.3) is 5.69 Å². The molecule has 1 fully saturated rings. The van der Waals surface area contributed by atoms with Gasteiger partial charge in [0.2, 0.25) is 5.91 Å². The monoisotopic (exact) mass is 519 g/mol. The van der Waals surface area contributed by atoms with Crippen molar-refractivity contribution in [1.29, 1.82) is 0 Å². The highest BCUT2D eigenvalue weighted by molar-refractivity contribution is 6.00. The number of carbonyl (C=O) groups is 3. The number of amides is 1. The number of fused-ring (bicyclic) bond motifs is 1. The third-order valence-corrected chi connectivity index (χ3v) is 7.30. The zero-order valence-electron chi connectivity index (χ0n) is 21.3. The molecular weight excluding hydrogens is 487 g/mol. The number of halogens is 3. The minimum atomic E-state index is -4.78. The van der Waals surface area contributed by atoms with Crippen LogP contribution in [0.15, 0.2) is 18.2 Å². The summed E-state index contributed by atoms with van der Waals surface area (Å²) in [5, 5.41) is 3.86. The van der Waals surface area contributed by atoms with E-state index in [9.17, 15) is 27.6 Å². The maximum absolute atomic E-state index is 13.8. The summed E-state index contributed by atoms with van der Waals surface area (Å²) in [4.78, 5) is 36.5. The summed E-state index contributed by atoms with van der Waals surface area (Å²) in [5.74, 6) is -1.22. The van der Waals surface area contributed by atoms with Crippen LogP contribution in [-0.2, 0) is 28.5 Å². The molecule has 0 unspecified atom stereocenters. The molecule has 1 saturated carbocycles. The number of nitrogens with zero attached hydrogens (tertiary/aromatic N) is 2. The molecule has 1 heterocycles. The fourth-order valence-corrected chi connectivity index (χ4v) is 5.52. The maximum atomic E-state index is 13.8. The molecule has 2 aliphatic carbocycles. The summed E-state index contributed by atoms with van der Waals surface area (Å²) in [5.41, 5.74) is 5.06. The van der Waals surface area contributed by atoms with Crippen molar-refractivity contribution in [3.8, 4) is 5.69 Å². The molecule has 0 saturated heterocycles. The van der Waals surface area contributed by atoms with E-state index < -0.39 is 29.0 Å². The number of alkyl halides is 3. The number of ketones is 1. The molecule has 0 radical (unpaired) electrons. The average Bonchev–Trinajstić information content (AvgIpc) is 3.19. The first-order chi connectivity index (χ1) is 17.3. The molecule has 200 valence electrons. The van der Waals surface area contributed by atoms with E-state index in [-0.39, 0.29) is 42.1 Å². The summed E-state index contributed by atoms with van der Waals surface area (Å²) >= 11 is 0. The van der Waals surface area contributed by atoms with E-state index in [0.29, 0.717) is 42.5 Å². The Bertz CT molecular complexity index is 1220. The quantitative estimate of drug-likeness (QED) is 0.529. The molecule has 4 rings (SSSR count). The van der Waals surface area contributed by atoms with Gasteiger partial charge in [0.1, 0.15) is 6.10 Å². The fraction of sp³-hybridized carbons (Fsp3) is 0.556. The summed E-state index contributed by atoms with van der Waals surface area (Å²) in [6.07, 6.45) is -0.830. The number of hydrogen-bond acceptors (Lipinski definition) is 5. The molecule has 0 bridgehead atoms. The lowest BCUT2D eigenvalue weighted by molar-refractivity contribution is -0.150. The van der Waals surface area contributed by atoms with Crippen LogP contribution < -0.4 is 5.73 Å². The number of Topliss-reactive ketones (excluding diaryl/α,β-unsaturated/α-hetero) is 1. The molecule has 0 spiro atoms. The molecule has 1 amide bonds. The van der Waals surface area contributed by atoms with Crippen molar-refractivity contribution < 1.29 is 32.3 Å². The number of nitrogens with two attached hydrogens (primary N) is 1. The van der Waals surface area contributed by atoms with Gasteiger partial charge in [-0.25, -0.2) is 4.68 Å². The smallest absolute Gasteiger partial charge is 0.435 e. The lowest BCUT2D eigenvalue weighted by atomic mass is 9.75. The molecule has 10 heteroatoms. The first-order valence-corrected chi connectivity index (χ1v) is 12.6. The van der Waals surface area contributed by atoms with E-state index in [4.69, 9.17) is 10.5 Å². The second-order valence-electron chi connectivity index (χ2n) is 10.9. The number of hydrogen-bond donors (Lipinski definition) is 1. The first-order valence-electron chi connectivity index (χ1n) is 12.6. The van der Waals surface area contributed by atoms with Crippen LogP contribution in [0, 0.1) is 11.3 Å². The number of rotatable bonds is 6. The predicted octanol–water partition coefficient (Wildman–Crippen LogP) is 5.20. The van der Waals surface area contributed by atoms with Crippen LogP contribution in [0.2, 0.25) is 0 Å². The largest absolute Gasteiger partial charge is 0.462 e. The Morgan fingerprint density at radius 1 is 1.16 bits per heavy atom. The highest BCUT2D eigenvalue weighted by Crippen LogP contribution is 2.42. The Morgan fingerprint density at radius 2 is 1.84 bits per heavy atom. The Morgan fingerprint density at radius 3 is 2.43 bits per heavy atom. The molecule has 2 N–H and O–H groups in total. The number of esters is 1. The Labute approximate surface area is 213 Å². The molecule has 37 heavy (non-hydrogen) atoms. The molecule has 2 aromatic rings. The van der Waals surface area contributed by atoms with E-state index in [1.54, 1.807) is 13.0 Å². The molecule has 2 aliphatic rings. The Hall–Kier alpha value is -3.17. The number of aromatic nitrogens is 2. The van der Waals surface area contributed by atoms with Crippen LogP contribution >= 0.6 is 0 Å². The maximum Gasteiger partial charge on any atom is 0.435 e. The van der Waals surface area contributed by atoms with E-state index in [1.807, 2.05) is 13.8 Å². The number of benzene rings is 1. The highest BCUT2D eigenvalue weighted by Gasteiger charge is 2.45. The molecular formula is C27H32F3N3O4. The zero-order chi connectivity index (χ0) is 27.1. The minimum Gasteiger partial charge on any atom is -0.462 e. The summed E-state index contributed by atoms with van der Waals surface area (Å²) < 4.78 is 48.2. The van der Waals surface area contributed by atoms with Gasteiger partial charge in [0.25, 0.3) is 0 Å². The SMILES string of the molecule is CCC(=O)OC1CCC(Cc2cc(-n3nc(C(F)(F)F)c4c3CC(C)(C)CC4=O)ccc2C(N)=O)CC1. The summed E-state index contributed by atoms with van der Waals surface area (Å²) in [7, 11) is 0. The van der Waals surface area contributed by atoms with Crippen LogP contribution in [0.4, 0.5) is 13.2 Å². The van der Waals surface area contributed by atoms with Gasteiger partial charge in [0, 0.05) is 18.4 Å². The number of ether oxygens (including phenoxy) is 1. The van der Waals surface area contributed by atoms with Crippen molar-refractivity contribution in [2.45, 2.75) is 84.4 Å². The van der Waals surface area contributed by atoms with E-state index >= 15 is 0 Å². The summed E-state index contributed by atoms with van der Waals surface area (Å²) in [6, 6.07) is 4.69. The van der Waals surface area contributed by atoms with E-state index in [1.165, 1.54) is 16.8 Å². The van der Waals surface area contributed by atoms with Gasteiger partial charge in [0.05, 0.1) is 16.9 Å². The third kappa shape index (κ3) is 5.72. The lowest BCUT2D eigenvalue weighted by Gasteiger charge is -2.29. The van der Waals surface area contributed by atoms with Crippen molar-refractivity contribution in [2.75, 3.05) is 0 Å². The molecule has 7 nitrogen and oxygen atoms in total. The summed E-state index contributed by atoms with van der Waals surface area (Å²) in [6.45, 7) is 5.43.